The zero-order valence-corrected chi connectivity index (χ0v) is 36.7. The Morgan fingerprint density at radius 3 is 1.31 bits per heavy atom. The van der Waals surface area contributed by atoms with Gasteiger partial charge in [0.25, 0.3) is 0 Å². The van der Waals surface area contributed by atoms with Gasteiger partial charge in [-0.1, -0.05) is 179 Å². The number of ether oxygens (including phenoxy) is 1. The fourth-order valence-corrected chi connectivity index (χ4v) is 7.21. The van der Waals surface area contributed by atoms with Gasteiger partial charge in [-0.15, -0.1) is 0 Å². The molecule has 3 N–H and O–H groups in total. The summed E-state index contributed by atoms with van der Waals surface area (Å²) in [5.41, 5.74) is 0. The SMILES string of the molecule is CCCCCC/C=C\CCCCCCCC(=O)OCCCCC/C=C\CCCCCCCC(=O)NC(CO)C(O)CCCCCCCCCCCCCCC. The van der Waals surface area contributed by atoms with Crippen molar-refractivity contribution >= 4 is 11.9 Å². The summed E-state index contributed by atoms with van der Waals surface area (Å²) in [5, 5.41) is 23.1. The van der Waals surface area contributed by atoms with E-state index in [0.29, 0.717) is 25.9 Å². The molecular formula is C49H93NO5. The molecule has 0 aromatic heterocycles. The number of esters is 1. The van der Waals surface area contributed by atoms with E-state index in [9.17, 15) is 19.8 Å². The maximum absolute atomic E-state index is 12.4. The van der Waals surface area contributed by atoms with Gasteiger partial charge >= 0.3 is 5.97 Å². The molecule has 55 heavy (non-hydrogen) atoms. The molecule has 0 aromatic rings. The summed E-state index contributed by atoms with van der Waals surface area (Å²) >= 11 is 0. The first-order valence-corrected chi connectivity index (χ1v) is 24.1. The summed E-state index contributed by atoms with van der Waals surface area (Å²) in [6, 6.07) is -0.559. The standard InChI is InChI=1S/C49H93NO5/c1-3-5-7-9-11-13-15-17-21-25-29-33-37-41-47(52)46(45-51)50-48(53)42-38-34-30-26-22-19-20-24-28-32-36-40-44-55-49(54)43-39-35-31-27-23-18-16-14-12-10-8-6-4-2/h14,16,20,24,46-47,51-52H,3-13,15,17-19,21-23,25-45H2,1-2H3,(H,50,53)/b16-14-,24-20-. The van der Waals surface area contributed by atoms with Gasteiger partial charge in [-0.25, -0.2) is 0 Å². The van der Waals surface area contributed by atoms with Crippen LogP contribution in [0.15, 0.2) is 24.3 Å². The molecule has 0 fully saturated rings. The summed E-state index contributed by atoms with van der Waals surface area (Å²) in [6.07, 6.45) is 51.3. The third-order valence-corrected chi connectivity index (χ3v) is 11.0. The van der Waals surface area contributed by atoms with Crippen LogP contribution in [0.2, 0.25) is 0 Å². The molecule has 324 valence electrons. The highest BCUT2D eigenvalue weighted by Crippen LogP contribution is 2.15. The van der Waals surface area contributed by atoms with E-state index in [1.54, 1.807) is 0 Å². The zero-order chi connectivity index (χ0) is 40.1. The summed E-state index contributed by atoms with van der Waals surface area (Å²) in [5.74, 6) is -0.0946. The summed E-state index contributed by atoms with van der Waals surface area (Å²) < 4.78 is 5.43. The summed E-state index contributed by atoms with van der Waals surface area (Å²) in [4.78, 5) is 24.4. The minimum atomic E-state index is -0.679. The van der Waals surface area contributed by atoms with Crippen LogP contribution in [0.3, 0.4) is 0 Å². The first-order valence-electron chi connectivity index (χ1n) is 24.1. The molecule has 0 bridgehead atoms. The van der Waals surface area contributed by atoms with Crippen LogP contribution < -0.4 is 5.32 Å². The second-order valence-corrected chi connectivity index (χ2v) is 16.4. The van der Waals surface area contributed by atoms with Crippen molar-refractivity contribution in [2.45, 2.75) is 264 Å². The molecule has 0 saturated heterocycles. The lowest BCUT2D eigenvalue weighted by molar-refractivity contribution is -0.143. The highest BCUT2D eigenvalue weighted by molar-refractivity contribution is 5.76. The molecule has 0 aliphatic carbocycles. The highest BCUT2D eigenvalue weighted by atomic mass is 16.5. The number of nitrogens with one attached hydrogen (secondary N) is 1. The Kier molecular flexibility index (Phi) is 43.7. The average Bonchev–Trinajstić information content (AvgIpc) is 3.18. The van der Waals surface area contributed by atoms with E-state index in [4.69, 9.17) is 4.74 Å². The lowest BCUT2D eigenvalue weighted by Gasteiger charge is -2.22. The molecule has 0 radical (unpaired) electrons. The number of rotatable bonds is 44. The molecule has 0 aliphatic heterocycles. The van der Waals surface area contributed by atoms with Gasteiger partial charge in [0.05, 0.1) is 25.4 Å². The number of aliphatic hydroxyl groups excluding tert-OH is 2. The van der Waals surface area contributed by atoms with Crippen LogP contribution in [0.1, 0.15) is 251 Å². The smallest absolute Gasteiger partial charge is 0.305 e. The lowest BCUT2D eigenvalue weighted by atomic mass is 10.0. The van der Waals surface area contributed by atoms with Crippen molar-refractivity contribution in [3.8, 4) is 0 Å². The van der Waals surface area contributed by atoms with Crippen LogP contribution in [-0.2, 0) is 14.3 Å². The number of aliphatic hydroxyl groups is 2. The van der Waals surface area contributed by atoms with Gasteiger partial charge in [0.2, 0.25) is 5.91 Å². The molecule has 2 atom stereocenters. The molecule has 0 saturated carbocycles. The molecular weight excluding hydrogens is 683 g/mol. The van der Waals surface area contributed by atoms with E-state index in [0.717, 1.165) is 77.0 Å². The van der Waals surface area contributed by atoms with Crippen molar-refractivity contribution < 1.29 is 24.5 Å². The van der Waals surface area contributed by atoms with E-state index in [1.807, 2.05) is 0 Å². The maximum Gasteiger partial charge on any atom is 0.305 e. The Morgan fingerprint density at radius 2 is 0.855 bits per heavy atom. The zero-order valence-electron chi connectivity index (χ0n) is 36.7. The number of carbonyl (C=O) groups excluding carboxylic acids is 2. The average molecular weight is 776 g/mol. The molecule has 0 aliphatic rings. The topological polar surface area (TPSA) is 95.9 Å². The van der Waals surface area contributed by atoms with E-state index >= 15 is 0 Å². The number of hydrogen-bond donors (Lipinski definition) is 3. The van der Waals surface area contributed by atoms with Crippen molar-refractivity contribution in [3.05, 3.63) is 24.3 Å². The van der Waals surface area contributed by atoms with E-state index < -0.39 is 12.1 Å². The van der Waals surface area contributed by atoms with Crippen LogP contribution in [0.4, 0.5) is 0 Å². The Bertz CT molecular complexity index is 858. The minimum absolute atomic E-state index is 0.0325. The first-order chi connectivity index (χ1) is 27.0. The third-order valence-electron chi connectivity index (χ3n) is 11.0. The Labute approximate surface area is 341 Å². The predicted molar refractivity (Wildman–Crippen MR) is 236 cm³/mol. The molecule has 6 heteroatoms. The molecule has 2 unspecified atom stereocenters. The molecule has 0 rings (SSSR count). The van der Waals surface area contributed by atoms with Gasteiger partial charge in [-0.05, 0) is 83.5 Å². The number of carbonyl (C=O) groups is 2. The van der Waals surface area contributed by atoms with Crippen molar-refractivity contribution in [1.82, 2.24) is 5.32 Å². The van der Waals surface area contributed by atoms with Crippen LogP contribution in [-0.4, -0.2) is 47.4 Å². The fraction of sp³-hybridized carbons (Fsp3) is 0.878. The van der Waals surface area contributed by atoms with Crippen molar-refractivity contribution in [3.63, 3.8) is 0 Å². The number of amides is 1. The lowest BCUT2D eigenvalue weighted by Crippen LogP contribution is -2.45. The number of hydrogen-bond acceptors (Lipinski definition) is 5. The van der Waals surface area contributed by atoms with Gasteiger partial charge in [-0.3, -0.25) is 9.59 Å². The van der Waals surface area contributed by atoms with Crippen LogP contribution in [0.25, 0.3) is 0 Å². The van der Waals surface area contributed by atoms with Crippen LogP contribution in [0.5, 0.6) is 0 Å². The Balaban J connectivity index is 3.52. The van der Waals surface area contributed by atoms with Crippen molar-refractivity contribution in [2.75, 3.05) is 13.2 Å². The van der Waals surface area contributed by atoms with Crippen LogP contribution in [0, 0.1) is 0 Å². The second kappa shape index (κ2) is 45.0. The molecule has 0 aromatic carbocycles. The number of unbranched alkanes of at least 4 members (excludes halogenated alkanes) is 29. The van der Waals surface area contributed by atoms with Gasteiger partial charge in [0, 0.05) is 12.8 Å². The van der Waals surface area contributed by atoms with E-state index in [2.05, 4.69) is 43.5 Å². The van der Waals surface area contributed by atoms with Gasteiger partial charge in [0.1, 0.15) is 0 Å². The largest absolute Gasteiger partial charge is 0.466 e. The van der Waals surface area contributed by atoms with E-state index in [-0.39, 0.29) is 18.5 Å². The highest BCUT2D eigenvalue weighted by Gasteiger charge is 2.20. The number of allylic oxidation sites excluding steroid dienone is 4. The molecule has 0 heterocycles. The van der Waals surface area contributed by atoms with Crippen molar-refractivity contribution in [1.29, 1.82) is 0 Å². The monoisotopic (exact) mass is 776 g/mol. The summed E-state index contributed by atoms with van der Waals surface area (Å²) in [7, 11) is 0. The summed E-state index contributed by atoms with van der Waals surface area (Å²) in [6.45, 7) is 4.86. The molecule has 1 amide bonds. The van der Waals surface area contributed by atoms with E-state index in [1.165, 1.54) is 141 Å². The van der Waals surface area contributed by atoms with Gasteiger partial charge < -0.3 is 20.3 Å². The maximum atomic E-state index is 12.4. The van der Waals surface area contributed by atoms with Gasteiger partial charge in [-0.2, -0.15) is 0 Å². The first kappa shape index (κ1) is 53.3. The minimum Gasteiger partial charge on any atom is -0.466 e. The third kappa shape index (κ3) is 41.8. The molecule has 0 spiro atoms. The van der Waals surface area contributed by atoms with Crippen molar-refractivity contribution in [2.24, 2.45) is 0 Å². The quantitative estimate of drug-likeness (QED) is 0.0325. The normalized spacial score (nSPS) is 12.9. The molecule has 6 nitrogen and oxygen atoms in total. The van der Waals surface area contributed by atoms with Crippen LogP contribution >= 0.6 is 0 Å². The van der Waals surface area contributed by atoms with Gasteiger partial charge in [0.15, 0.2) is 0 Å². The second-order valence-electron chi connectivity index (χ2n) is 16.4. The fourth-order valence-electron chi connectivity index (χ4n) is 7.21. The predicted octanol–water partition coefficient (Wildman–Crippen LogP) is 14.0. The Hall–Kier alpha value is -1.66. The Morgan fingerprint density at radius 1 is 0.491 bits per heavy atom.